The van der Waals surface area contributed by atoms with E-state index in [0.717, 1.165) is 23.9 Å². The topological polar surface area (TPSA) is 81.4 Å². The molecule has 1 rings (SSSR count). The number of thioether (sulfide) groups is 1. The monoisotopic (exact) mass is 276 g/mol. The molecule has 3 N–H and O–H groups in total. The summed E-state index contributed by atoms with van der Waals surface area (Å²) in [7, 11) is 0. The summed E-state index contributed by atoms with van der Waals surface area (Å²) < 4.78 is 25.4. The predicted octanol–water partition coefficient (Wildman–Crippen LogP) is 0.590. The Bertz CT molecular complexity index is 457. The number of hydroxylamine groups is 1. The van der Waals surface area contributed by atoms with Crippen molar-refractivity contribution in [3.05, 3.63) is 29.8 Å². The Morgan fingerprint density at radius 3 is 2.67 bits per heavy atom. The Balaban J connectivity index is 2.33. The summed E-state index contributed by atoms with van der Waals surface area (Å²) in [5.74, 6) is -3.24. The lowest BCUT2D eigenvalue weighted by Gasteiger charge is -2.04. The number of halogens is 2. The van der Waals surface area contributed by atoms with Crippen molar-refractivity contribution in [2.75, 3.05) is 12.4 Å². The van der Waals surface area contributed by atoms with Gasteiger partial charge in [-0.2, -0.15) is 0 Å². The van der Waals surface area contributed by atoms with Gasteiger partial charge in [0.25, 0.3) is 5.91 Å². The lowest BCUT2D eigenvalue weighted by molar-refractivity contribution is -0.135. The zero-order valence-electron chi connectivity index (χ0n) is 9.11. The lowest BCUT2D eigenvalue weighted by Crippen LogP contribution is -2.30. The second-order valence-electron chi connectivity index (χ2n) is 3.14. The van der Waals surface area contributed by atoms with Crippen LogP contribution in [0.2, 0.25) is 0 Å². The van der Waals surface area contributed by atoms with Gasteiger partial charge in [-0.05, 0) is 18.2 Å². The number of nitrogens with two attached hydrogens (primary N) is 1. The first kappa shape index (κ1) is 14.4. The lowest BCUT2D eigenvalue weighted by atomic mass is 10.3. The molecule has 0 saturated carbocycles. The van der Waals surface area contributed by atoms with Crippen molar-refractivity contribution in [3.8, 4) is 0 Å². The van der Waals surface area contributed by atoms with E-state index in [9.17, 15) is 18.4 Å². The van der Waals surface area contributed by atoms with E-state index in [0.29, 0.717) is 4.90 Å². The van der Waals surface area contributed by atoms with Crippen molar-refractivity contribution in [2.24, 2.45) is 5.73 Å². The van der Waals surface area contributed by atoms with Gasteiger partial charge in [0.1, 0.15) is 0 Å². The summed E-state index contributed by atoms with van der Waals surface area (Å²) in [6, 6.07) is 3.30. The summed E-state index contributed by atoms with van der Waals surface area (Å²) in [5, 5.41) is 0. The summed E-state index contributed by atoms with van der Waals surface area (Å²) >= 11 is 0.995. The second-order valence-corrected chi connectivity index (χ2v) is 4.19. The average Bonchev–Trinajstić information content (AvgIpc) is 2.30. The van der Waals surface area contributed by atoms with Gasteiger partial charge in [0.05, 0.1) is 5.75 Å². The van der Waals surface area contributed by atoms with Gasteiger partial charge >= 0.3 is 0 Å². The first-order valence-corrected chi connectivity index (χ1v) is 5.74. The quantitative estimate of drug-likeness (QED) is 0.588. The number of benzene rings is 1. The Kier molecular flexibility index (Phi) is 5.53. The molecular weight excluding hydrogens is 266 g/mol. The van der Waals surface area contributed by atoms with Crippen molar-refractivity contribution < 1.29 is 23.2 Å². The summed E-state index contributed by atoms with van der Waals surface area (Å²) in [6.45, 7) is -0.429. The van der Waals surface area contributed by atoms with Crippen LogP contribution in [0.5, 0.6) is 0 Å². The molecule has 0 aromatic heterocycles. The van der Waals surface area contributed by atoms with E-state index in [1.165, 1.54) is 6.07 Å². The summed E-state index contributed by atoms with van der Waals surface area (Å²) in [5.41, 5.74) is 6.76. The molecule has 0 radical (unpaired) electrons. The number of rotatable bonds is 6. The second kappa shape index (κ2) is 6.92. The first-order valence-electron chi connectivity index (χ1n) is 4.76. The molecule has 18 heavy (non-hydrogen) atoms. The first-order chi connectivity index (χ1) is 8.49. The van der Waals surface area contributed by atoms with Crippen LogP contribution in [-0.4, -0.2) is 24.2 Å². The Morgan fingerprint density at radius 2 is 2.06 bits per heavy atom. The molecule has 0 atom stereocenters. The van der Waals surface area contributed by atoms with Crippen LogP contribution in [0.4, 0.5) is 8.78 Å². The van der Waals surface area contributed by atoms with Crippen LogP contribution >= 0.6 is 11.8 Å². The molecule has 0 unspecified atom stereocenters. The van der Waals surface area contributed by atoms with Crippen LogP contribution in [0.1, 0.15) is 0 Å². The van der Waals surface area contributed by atoms with Gasteiger partial charge in [0.15, 0.2) is 18.2 Å². The molecule has 0 bridgehead atoms. The number of primary amides is 1. The van der Waals surface area contributed by atoms with Crippen LogP contribution < -0.4 is 11.2 Å². The molecule has 1 aromatic carbocycles. The molecule has 5 nitrogen and oxygen atoms in total. The van der Waals surface area contributed by atoms with E-state index >= 15 is 0 Å². The molecule has 0 aliphatic carbocycles. The third kappa shape index (κ3) is 5.11. The summed E-state index contributed by atoms with van der Waals surface area (Å²) in [6.07, 6.45) is 0. The fraction of sp³-hybridized carbons (Fsp3) is 0.200. The Labute approximate surface area is 106 Å². The van der Waals surface area contributed by atoms with Crippen molar-refractivity contribution >= 4 is 23.6 Å². The molecule has 0 fully saturated rings. The zero-order valence-corrected chi connectivity index (χ0v) is 9.93. The SMILES string of the molecule is NC(=O)CONC(=O)CSc1ccc(F)c(F)c1. The molecule has 0 heterocycles. The average molecular weight is 276 g/mol. The highest BCUT2D eigenvalue weighted by Crippen LogP contribution is 2.19. The van der Waals surface area contributed by atoms with Crippen molar-refractivity contribution in [2.45, 2.75) is 4.90 Å². The van der Waals surface area contributed by atoms with Gasteiger partial charge in [-0.25, -0.2) is 14.3 Å². The van der Waals surface area contributed by atoms with Gasteiger partial charge in [0.2, 0.25) is 5.91 Å². The maximum atomic E-state index is 12.8. The highest BCUT2D eigenvalue weighted by Gasteiger charge is 2.06. The maximum Gasteiger partial charge on any atom is 0.253 e. The van der Waals surface area contributed by atoms with Crippen molar-refractivity contribution in [3.63, 3.8) is 0 Å². The zero-order chi connectivity index (χ0) is 13.5. The van der Waals surface area contributed by atoms with E-state index < -0.39 is 30.1 Å². The van der Waals surface area contributed by atoms with Gasteiger partial charge in [0, 0.05) is 4.90 Å². The number of carbonyl (C=O) groups is 2. The third-order valence-electron chi connectivity index (χ3n) is 1.66. The number of nitrogens with one attached hydrogen (secondary N) is 1. The number of hydrogen-bond donors (Lipinski definition) is 2. The highest BCUT2D eigenvalue weighted by atomic mass is 32.2. The fourth-order valence-electron chi connectivity index (χ4n) is 0.933. The van der Waals surface area contributed by atoms with E-state index in [4.69, 9.17) is 5.73 Å². The van der Waals surface area contributed by atoms with E-state index in [1.807, 2.05) is 5.48 Å². The van der Waals surface area contributed by atoms with Gasteiger partial charge in [-0.1, -0.05) is 0 Å². The largest absolute Gasteiger partial charge is 0.368 e. The molecule has 0 spiro atoms. The molecule has 0 saturated heterocycles. The molecular formula is C10H10F2N2O3S. The molecule has 8 heteroatoms. The minimum absolute atomic E-state index is 0.0656. The minimum Gasteiger partial charge on any atom is -0.368 e. The Morgan fingerprint density at radius 1 is 1.33 bits per heavy atom. The van der Waals surface area contributed by atoms with Crippen LogP contribution in [-0.2, 0) is 14.4 Å². The molecule has 2 amide bonds. The molecule has 1 aromatic rings. The van der Waals surface area contributed by atoms with Gasteiger partial charge < -0.3 is 5.73 Å². The number of hydrogen-bond acceptors (Lipinski definition) is 4. The Hall–Kier alpha value is -1.67. The number of carbonyl (C=O) groups excluding carboxylic acids is 2. The van der Waals surface area contributed by atoms with E-state index in [1.54, 1.807) is 0 Å². The maximum absolute atomic E-state index is 12.8. The van der Waals surface area contributed by atoms with Gasteiger partial charge in [-0.3, -0.25) is 14.4 Å². The molecule has 98 valence electrons. The third-order valence-corrected chi connectivity index (χ3v) is 2.66. The summed E-state index contributed by atoms with van der Waals surface area (Å²) in [4.78, 5) is 26.3. The van der Waals surface area contributed by atoms with Gasteiger partial charge in [-0.15, -0.1) is 11.8 Å². The highest BCUT2D eigenvalue weighted by molar-refractivity contribution is 8.00. The molecule has 0 aliphatic heterocycles. The minimum atomic E-state index is -0.981. The standard InChI is InChI=1S/C10H10F2N2O3S/c11-7-2-1-6(3-8(7)12)18-5-10(16)14-17-4-9(13)15/h1-3H,4-5H2,(H2,13,15)(H,14,16). The van der Waals surface area contributed by atoms with Crippen LogP contribution in [0.25, 0.3) is 0 Å². The molecule has 0 aliphatic rings. The number of amides is 2. The smallest absolute Gasteiger partial charge is 0.253 e. The van der Waals surface area contributed by atoms with Crippen molar-refractivity contribution in [1.82, 2.24) is 5.48 Å². The predicted molar refractivity (Wildman–Crippen MR) is 60.4 cm³/mol. The van der Waals surface area contributed by atoms with E-state index in [-0.39, 0.29) is 5.75 Å². The van der Waals surface area contributed by atoms with Crippen LogP contribution in [0.3, 0.4) is 0 Å². The normalized spacial score (nSPS) is 10.1. The van der Waals surface area contributed by atoms with Crippen molar-refractivity contribution in [1.29, 1.82) is 0 Å². The van der Waals surface area contributed by atoms with Crippen LogP contribution in [0, 0.1) is 11.6 Å². The van der Waals surface area contributed by atoms with E-state index in [2.05, 4.69) is 4.84 Å². The fourth-order valence-corrected chi connectivity index (χ4v) is 1.64. The van der Waals surface area contributed by atoms with Crippen LogP contribution in [0.15, 0.2) is 23.1 Å².